The van der Waals surface area contributed by atoms with Gasteiger partial charge in [-0.3, -0.25) is 30.1 Å². The van der Waals surface area contributed by atoms with Crippen LogP contribution >= 0.6 is 0 Å². The van der Waals surface area contributed by atoms with Crippen molar-refractivity contribution in [2.45, 2.75) is 19.3 Å². The molecule has 26 heavy (non-hydrogen) atoms. The number of urea groups is 1. The molecule has 2 N–H and O–H groups in total. The monoisotopic (exact) mass is 368 g/mol. The molecule has 5 amide bonds. The van der Waals surface area contributed by atoms with Gasteiger partial charge in [0.05, 0.1) is 0 Å². The van der Waals surface area contributed by atoms with E-state index in [1.807, 2.05) is 0 Å². The second-order valence-electron chi connectivity index (χ2n) is 5.77. The largest absolute Gasteiger partial charge is 0.326 e. The molecule has 0 saturated carbocycles. The molecular formula is C16H18F2N4O4. The van der Waals surface area contributed by atoms with Gasteiger partial charge in [-0.15, -0.1) is 0 Å². The smallest absolute Gasteiger partial charge is 0.318 e. The molecule has 1 aliphatic rings. The Balaban J connectivity index is 1.67. The summed E-state index contributed by atoms with van der Waals surface area (Å²) in [6.45, 7) is 0.270. The maximum atomic E-state index is 13.1. The number of hydrogen-bond acceptors (Lipinski definition) is 4. The summed E-state index contributed by atoms with van der Waals surface area (Å²) < 4.78 is 25.9. The number of hydrazine groups is 1. The standard InChI is InChI=1S/C16H18F2N4O4/c1-21-9-14(24)22(16(21)26)7-3-2-4-13(23)19-20-15(25)10-5-6-11(17)12(18)8-10/h5-6,8H,2-4,7,9H2,1H3,(H,19,23)(H,20,25). The maximum absolute atomic E-state index is 13.1. The van der Waals surface area contributed by atoms with E-state index in [-0.39, 0.29) is 37.0 Å². The number of carbonyl (C=O) groups excluding carboxylic acids is 4. The number of nitrogens with one attached hydrogen (secondary N) is 2. The third kappa shape index (κ3) is 4.74. The molecule has 1 aromatic rings. The van der Waals surface area contributed by atoms with E-state index >= 15 is 0 Å². The molecule has 8 nitrogen and oxygen atoms in total. The van der Waals surface area contributed by atoms with Crippen molar-refractivity contribution >= 4 is 23.8 Å². The minimum absolute atomic E-state index is 0.0509. The summed E-state index contributed by atoms with van der Waals surface area (Å²) in [5.74, 6) is -3.79. The SMILES string of the molecule is CN1CC(=O)N(CCCCC(=O)NNC(=O)c2ccc(F)c(F)c2)C1=O. The van der Waals surface area contributed by atoms with Gasteiger partial charge in [0.25, 0.3) is 5.91 Å². The van der Waals surface area contributed by atoms with E-state index in [0.717, 1.165) is 23.1 Å². The number of nitrogens with zero attached hydrogens (tertiary/aromatic N) is 2. The van der Waals surface area contributed by atoms with Crippen molar-refractivity contribution in [3.05, 3.63) is 35.4 Å². The fourth-order valence-electron chi connectivity index (χ4n) is 2.34. The zero-order chi connectivity index (χ0) is 19.3. The Labute approximate surface area is 148 Å². The highest BCUT2D eigenvalue weighted by molar-refractivity contribution is 6.01. The topological polar surface area (TPSA) is 98.8 Å². The molecule has 0 aromatic heterocycles. The number of likely N-dealkylation sites (N-methyl/N-ethyl adjacent to an activating group) is 1. The first-order chi connectivity index (χ1) is 12.3. The van der Waals surface area contributed by atoms with Gasteiger partial charge in [-0.2, -0.15) is 0 Å². The summed E-state index contributed by atoms with van der Waals surface area (Å²) in [6, 6.07) is 2.25. The first kappa shape index (κ1) is 19.3. The third-order valence-electron chi connectivity index (χ3n) is 3.76. The molecule has 2 rings (SSSR count). The quantitative estimate of drug-likeness (QED) is 0.441. The fraction of sp³-hybridized carbons (Fsp3) is 0.375. The molecule has 1 saturated heterocycles. The molecule has 0 radical (unpaired) electrons. The van der Waals surface area contributed by atoms with Gasteiger partial charge in [0.1, 0.15) is 6.54 Å². The van der Waals surface area contributed by atoms with E-state index in [1.165, 1.54) is 11.9 Å². The van der Waals surface area contributed by atoms with Crippen molar-refractivity contribution < 1.29 is 28.0 Å². The predicted octanol–water partition coefficient (Wildman–Crippen LogP) is 0.790. The van der Waals surface area contributed by atoms with Crippen LogP contribution in [0.1, 0.15) is 29.6 Å². The highest BCUT2D eigenvalue weighted by atomic mass is 19.2. The Hall–Kier alpha value is -3.04. The number of halogens is 2. The van der Waals surface area contributed by atoms with E-state index in [2.05, 4.69) is 10.9 Å². The van der Waals surface area contributed by atoms with Crippen molar-refractivity contribution in [1.82, 2.24) is 20.7 Å². The van der Waals surface area contributed by atoms with Gasteiger partial charge in [-0.05, 0) is 31.0 Å². The number of benzene rings is 1. The van der Waals surface area contributed by atoms with Gasteiger partial charge < -0.3 is 4.90 Å². The van der Waals surface area contributed by atoms with Crippen LogP contribution in [0, 0.1) is 11.6 Å². The zero-order valence-corrected chi connectivity index (χ0v) is 14.1. The zero-order valence-electron chi connectivity index (χ0n) is 14.1. The van der Waals surface area contributed by atoms with Crippen LogP contribution in [0.2, 0.25) is 0 Å². The summed E-state index contributed by atoms with van der Waals surface area (Å²) in [6.07, 6.45) is 0.896. The first-order valence-corrected chi connectivity index (χ1v) is 7.89. The normalized spacial score (nSPS) is 14.0. The molecule has 0 aliphatic carbocycles. The van der Waals surface area contributed by atoms with Gasteiger partial charge >= 0.3 is 6.03 Å². The molecular weight excluding hydrogens is 350 g/mol. The lowest BCUT2D eigenvalue weighted by Gasteiger charge is -2.13. The third-order valence-corrected chi connectivity index (χ3v) is 3.76. The van der Waals surface area contributed by atoms with E-state index < -0.39 is 23.4 Å². The number of imide groups is 1. The highest BCUT2D eigenvalue weighted by Crippen LogP contribution is 2.10. The Morgan fingerprint density at radius 2 is 1.85 bits per heavy atom. The van der Waals surface area contributed by atoms with Crippen molar-refractivity contribution in [3.63, 3.8) is 0 Å². The molecule has 1 heterocycles. The van der Waals surface area contributed by atoms with Crippen LogP contribution in [-0.4, -0.2) is 53.7 Å². The van der Waals surface area contributed by atoms with Crippen molar-refractivity contribution in [2.24, 2.45) is 0 Å². The molecule has 10 heteroatoms. The first-order valence-electron chi connectivity index (χ1n) is 7.89. The second kappa shape index (κ2) is 8.37. The Morgan fingerprint density at radius 3 is 2.46 bits per heavy atom. The van der Waals surface area contributed by atoms with Gasteiger partial charge in [0.15, 0.2) is 11.6 Å². The van der Waals surface area contributed by atoms with Crippen LogP contribution in [0.15, 0.2) is 18.2 Å². The lowest BCUT2D eigenvalue weighted by Crippen LogP contribution is -2.41. The Kier molecular flexibility index (Phi) is 6.21. The minimum Gasteiger partial charge on any atom is -0.318 e. The maximum Gasteiger partial charge on any atom is 0.326 e. The van der Waals surface area contributed by atoms with Crippen LogP contribution in [0.3, 0.4) is 0 Å². The van der Waals surface area contributed by atoms with Crippen LogP contribution in [0.4, 0.5) is 13.6 Å². The van der Waals surface area contributed by atoms with Gasteiger partial charge in [-0.1, -0.05) is 0 Å². The Bertz CT molecular complexity index is 741. The number of amides is 5. The van der Waals surface area contributed by atoms with Crippen molar-refractivity contribution in [2.75, 3.05) is 20.1 Å². The van der Waals surface area contributed by atoms with E-state index in [0.29, 0.717) is 12.8 Å². The summed E-state index contributed by atoms with van der Waals surface area (Å²) >= 11 is 0. The molecule has 0 spiro atoms. The van der Waals surface area contributed by atoms with Crippen molar-refractivity contribution in [1.29, 1.82) is 0 Å². The number of rotatable bonds is 6. The fourth-order valence-corrected chi connectivity index (χ4v) is 2.34. The van der Waals surface area contributed by atoms with Crippen molar-refractivity contribution in [3.8, 4) is 0 Å². The average Bonchev–Trinajstić information content (AvgIpc) is 2.84. The molecule has 0 bridgehead atoms. The van der Waals surface area contributed by atoms with Crippen LogP contribution < -0.4 is 10.9 Å². The summed E-state index contributed by atoms with van der Waals surface area (Å²) in [5, 5.41) is 0. The molecule has 0 atom stereocenters. The summed E-state index contributed by atoms with van der Waals surface area (Å²) in [5.41, 5.74) is 4.11. The highest BCUT2D eigenvalue weighted by Gasteiger charge is 2.32. The number of carbonyl (C=O) groups is 4. The molecule has 1 aromatic carbocycles. The summed E-state index contributed by atoms with van der Waals surface area (Å²) in [7, 11) is 1.53. The Morgan fingerprint density at radius 1 is 1.12 bits per heavy atom. The van der Waals surface area contributed by atoms with Crippen LogP contribution in [0.25, 0.3) is 0 Å². The molecule has 1 aliphatic heterocycles. The predicted molar refractivity (Wildman–Crippen MR) is 85.6 cm³/mol. The van der Waals surface area contributed by atoms with Gasteiger partial charge in [0.2, 0.25) is 11.8 Å². The van der Waals surface area contributed by atoms with Crippen LogP contribution in [-0.2, 0) is 9.59 Å². The molecule has 140 valence electrons. The lowest BCUT2D eigenvalue weighted by atomic mass is 10.2. The number of hydrogen-bond donors (Lipinski definition) is 2. The van der Waals surface area contributed by atoms with Gasteiger partial charge in [0, 0.05) is 25.6 Å². The lowest BCUT2D eigenvalue weighted by molar-refractivity contribution is -0.125. The molecule has 0 unspecified atom stereocenters. The average molecular weight is 368 g/mol. The van der Waals surface area contributed by atoms with E-state index in [9.17, 15) is 28.0 Å². The minimum atomic E-state index is -1.17. The van der Waals surface area contributed by atoms with Gasteiger partial charge in [-0.25, -0.2) is 13.6 Å². The second-order valence-corrected chi connectivity index (χ2v) is 5.77. The summed E-state index contributed by atoms with van der Waals surface area (Å²) in [4.78, 5) is 49.0. The van der Waals surface area contributed by atoms with E-state index in [4.69, 9.17) is 0 Å². The molecule has 1 fully saturated rings. The van der Waals surface area contributed by atoms with Crippen LogP contribution in [0.5, 0.6) is 0 Å². The number of unbranched alkanes of at least 4 members (excludes halogenated alkanes) is 1. The van der Waals surface area contributed by atoms with E-state index in [1.54, 1.807) is 0 Å².